The Hall–Kier alpha value is -1.82. The minimum absolute atomic E-state index is 0.0819. The number of nitrogens with zero attached hydrogens (tertiary/aromatic N) is 4. The van der Waals surface area contributed by atoms with Crippen LogP contribution in [0.1, 0.15) is 52.0 Å². The number of hydrogen-bond acceptors (Lipinski definition) is 5. The first-order valence-corrected chi connectivity index (χ1v) is 8.95. The van der Waals surface area contributed by atoms with Crippen molar-refractivity contribution >= 4 is 17.2 Å². The van der Waals surface area contributed by atoms with Crippen LogP contribution in [0.25, 0.3) is 0 Å². The lowest BCUT2D eigenvalue weighted by molar-refractivity contribution is 0.0745. The van der Waals surface area contributed by atoms with E-state index in [4.69, 9.17) is 4.98 Å². The monoisotopic (exact) mass is 330 g/mol. The molecule has 6 heteroatoms. The molecule has 3 rings (SSSR count). The predicted octanol–water partition coefficient (Wildman–Crippen LogP) is 3.03. The molecule has 0 saturated heterocycles. The molecule has 1 atom stereocenters. The Morgan fingerprint density at radius 2 is 2.22 bits per heavy atom. The van der Waals surface area contributed by atoms with Crippen LogP contribution >= 0.6 is 11.3 Å². The fourth-order valence-corrected chi connectivity index (χ4v) is 4.12. The number of carbonyl (C=O) groups is 1. The van der Waals surface area contributed by atoms with E-state index >= 15 is 0 Å². The molecule has 5 nitrogen and oxygen atoms in total. The fourth-order valence-electron chi connectivity index (χ4n) is 2.83. The molecule has 0 fully saturated rings. The number of amides is 1. The van der Waals surface area contributed by atoms with Gasteiger partial charge in [-0.2, -0.15) is 5.10 Å². The highest BCUT2D eigenvalue weighted by atomic mass is 32.1. The highest BCUT2D eigenvalue weighted by molar-refractivity contribution is 7.11. The molecule has 23 heavy (non-hydrogen) atoms. The molecule has 2 aromatic heterocycles. The summed E-state index contributed by atoms with van der Waals surface area (Å²) in [7, 11) is 0. The molecule has 0 aliphatic heterocycles. The Labute approximate surface area is 140 Å². The molecule has 2 heterocycles. The molecular formula is C17H22N4OS. The number of aromatic nitrogens is 3. The standard InChI is InChI=1S/C17H22N4OS/c1-4-21(17(22)14-8-6-12(3)19-20-14)10-16-18-13-7-5-11(2)9-15(13)23-16/h6,8,11H,4-5,7,9-10H2,1-3H3. The van der Waals surface area contributed by atoms with Crippen molar-refractivity contribution < 1.29 is 4.79 Å². The Kier molecular flexibility index (Phi) is 4.71. The number of rotatable bonds is 4. The topological polar surface area (TPSA) is 59.0 Å². The summed E-state index contributed by atoms with van der Waals surface area (Å²) in [5, 5.41) is 9.01. The van der Waals surface area contributed by atoms with E-state index in [0.29, 0.717) is 18.8 Å². The van der Waals surface area contributed by atoms with Gasteiger partial charge in [0.1, 0.15) is 5.01 Å². The third kappa shape index (κ3) is 3.58. The average Bonchev–Trinajstić information content (AvgIpc) is 2.94. The molecule has 0 bridgehead atoms. The number of fused-ring (bicyclic) bond motifs is 1. The molecule has 0 radical (unpaired) electrons. The van der Waals surface area contributed by atoms with E-state index < -0.39 is 0 Å². The molecule has 2 aromatic rings. The second kappa shape index (κ2) is 6.74. The minimum Gasteiger partial charge on any atom is -0.331 e. The largest absolute Gasteiger partial charge is 0.331 e. The van der Waals surface area contributed by atoms with Crippen molar-refractivity contribution in [1.82, 2.24) is 20.1 Å². The van der Waals surface area contributed by atoms with Crippen LogP contribution in [-0.2, 0) is 19.4 Å². The zero-order valence-corrected chi connectivity index (χ0v) is 14.7. The van der Waals surface area contributed by atoms with Gasteiger partial charge in [-0.05, 0) is 51.2 Å². The van der Waals surface area contributed by atoms with Crippen molar-refractivity contribution in [1.29, 1.82) is 0 Å². The normalized spacial score (nSPS) is 16.9. The summed E-state index contributed by atoms with van der Waals surface area (Å²) in [5.74, 6) is 0.657. The van der Waals surface area contributed by atoms with Gasteiger partial charge in [-0.15, -0.1) is 16.4 Å². The summed E-state index contributed by atoms with van der Waals surface area (Å²) in [4.78, 5) is 20.5. The van der Waals surface area contributed by atoms with Crippen molar-refractivity contribution in [2.45, 2.75) is 46.6 Å². The van der Waals surface area contributed by atoms with Crippen LogP contribution in [0.4, 0.5) is 0 Å². The first-order valence-electron chi connectivity index (χ1n) is 8.14. The van der Waals surface area contributed by atoms with Crippen molar-refractivity contribution in [3.05, 3.63) is 39.1 Å². The van der Waals surface area contributed by atoms with E-state index in [1.165, 1.54) is 17.0 Å². The van der Waals surface area contributed by atoms with E-state index in [9.17, 15) is 4.79 Å². The van der Waals surface area contributed by atoms with Gasteiger partial charge in [-0.1, -0.05) is 6.92 Å². The first-order chi connectivity index (χ1) is 11.1. The van der Waals surface area contributed by atoms with Crippen LogP contribution in [0.2, 0.25) is 0 Å². The lowest BCUT2D eigenvalue weighted by Gasteiger charge is -2.18. The SMILES string of the molecule is CCN(Cc1nc2c(s1)CC(C)CC2)C(=O)c1ccc(C)nn1. The Morgan fingerprint density at radius 1 is 1.39 bits per heavy atom. The summed E-state index contributed by atoms with van der Waals surface area (Å²) in [6, 6.07) is 3.56. The van der Waals surface area contributed by atoms with Crippen molar-refractivity contribution in [2.24, 2.45) is 5.92 Å². The second-order valence-electron chi connectivity index (χ2n) is 6.20. The third-order valence-corrected chi connectivity index (χ3v) is 5.35. The van der Waals surface area contributed by atoms with Crippen LogP contribution in [0.15, 0.2) is 12.1 Å². The quantitative estimate of drug-likeness (QED) is 0.864. The fraction of sp³-hybridized carbons (Fsp3) is 0.529. The van der Waals surface area contributed by atoms with Crippen molar-refractivity contribution in [3.63, 3.8) is 0 Å². The average molecular weight is 330 g/mol. The van der Waals surface area contributed by atoms with Crippen molar-refractivity contribution in [3.8, 4) is 0 Å². The molecule has 1 amide bonds. The number of aryl methyl sites for hydroxylation is 2. The highest BCUT2D eigenvalue weighted by Gasteiger charge is 2.22. The third-order valence-electron chi connectivity index (χ3n) is 4.24. The van der Waals surface area contributed by atoms with Gasteiger partial charge < -0.3 is 4.90 Å². The number of hydrogen-bond donors (Lipinski definition) is 0. The van der Waals surface area contributed by atoms with Crippen LogP contribution < -0.4 is 0 Å². The second-order valence-corrected chi connectivity index (χ2v) is 7.37. The number of carbonyl (C=O) groups excluding carboxylic acids is 1. The minimum atomic E-state index is -0.0819. The molecule has 1 unspecified atom stereocenters. The van der Waals surface area contributed by atoms with Gasteiger partial charge in [0.05, 0.1) is 17.9 Å². The Bertz CT molecular complexity index is 695. The molecule has 0 aromatic carbocycles. The molecule has 122 valence electrons. The van der Waals surface area contributed by atoms with Gasteiger partial charge in [-0.3, -0.25) is 4.79 Å². The summed E-state index contributed by atoms with van der Waals surface area (Å²) < 4.78 is 0. The Morgan fingerprint density at radius 3 is 2.91 bits per heavy atom. The van der Waals surface area contributed by atoms with Crippen molar-refractivity contribution in [2.75, 3.05) is 6.54 Å². The summed E-state index contributed by atoms with van der Waals surface area (Å²) in [5.41, 5.74) is 2.44. The molecule has 1 aliphatic carbocycles. The molecular weight excluding hydrogens is 308 g/mol. The van der Waals surface area contributed by atoms with E-state index in [-0.39, 0.29) is 5.91 Å². The summed E-state index contributed by atoms with van der Waals surface area (Å²) in [6.07, 6.45) is 3.40. The van der Waals surface area contributed by atoms with Crippen LogP contribution in [0.5, 0.6) is 0 Å². The van der Waals surface area contributed by atoms with Crippen LogP contribution in [-0.4, -0.2) is 32.5 Å². The van der Waals surface area contributed by atoms with Crippen LogP contribution in [0, 0.1) is 12.8 Å². The zero-order chi connectivity index (χ0) is 16.4. The van der Waals surface area contributed by atoms with E-state index in [1.807, 2.05) is 19.9 Å². The van der Waals surface area contributed by atoms with Gasteiger partial charge in [0.2, 0.25) is 0 Å². The number of thiazole rings is 1. The molecule has 0 spiro atoms. The van der Waals surface area contributed by atoms with E-state index in [0.717, 1.165) is 29.5 Å². The highest BCUT2D eigenvalue weighted by Crippen LogP contribution is 2.30. The maximum Gasteiger partial charge on any atom is 0.274 e. The van der Waals surface area contributed by atoms with Gasteiger partial charge >= 0.3 is 0 Å². The predicted molar refractivity (Wildman–Crippen MR) is 90.5 cm³/mol. The molecule has 0 saturated carbocycles. The summed E-state index contributed by atoms with van der Waals surface area (Å²) in [6.45, 7) is 7.32. The van der Waals surface area contributed by atoms with Gasteiger partial charge in [0, 0.05) is 11.4 Å². The van der Waals surface area contributed by atoms with Gasteiger partial charge in [-0.25, -0.2) is 4.98 Å². The molecule has 1 aliphatic rings. The lowest BCUT2D eigenvalue weighted by Crippen LogP contribution is -2.31. The maximum absolute atomic E-state index is 12.6. The smallest absolute Gasteiger partial charge is 0.274 e. The summed E-state index contributed by atoms with van der Waals surface area (Å²) >= 11 is 1.76. The van der Waals surface area contributed by atoms with Crippen LogP contribution in [0.3, 0.4) is 0 Å². The first kappa shape index (κ1) is 16.1. The van der Waals surface area contributed by atoms with E-state index in [2.05, 4.69) is 17.1 Å². The molecule has 0 N–H and O–H groups in total. The van der Waals surface area contributed by atoms with Gasteiger partial charge in [0.15, 0.2) is 5.69 Å². The lowest BCUT2D eigenvalue weighted by atomic mass is 9.93. The zero-order valence-electron chi connectivity index (χ0n) is 13.9. The van der Waals surface area contributed by atoms with E-state index in [1.54, 1.807) is 22.3 Å². The maximum atomic E-state index is 12.6. The Balaban J connectivity index is 1.74. The van der Waals surface area contributed by atoms with Gasteiger partial charge in [0.25, 0.3) is 5.91 Å².